The van der Waals surface area contributed by atoms with Crippen molar-refractivity contribution >= 4 is 33.2 Å². The summed E-state index contributed by atoms with van der Waals surface area (Å²) >= 11 is 6.12. The van der Waals surface area contributed by atoms with Gasteiger partial charge in [-0.2, -0.15) is 0 Å². The molecule has 0 aliphatic heterocycles. The molecule has 0 spiro atoms. The Morgan fingerprint density at radius 2 is 1.73 bits per heavy atom. The summed E-state index contributed by atoms with van der Waals surface area (Å²) in [6.45, 7) is 1.92. The van der Waals surface area contributed by atoms with Gasteiger partial charge in [0.1, 0.15) is 29.9 Å². The number of nitrogens with one attached hydrogen (secondary N) is 1. The topological polar surface area (TPSA) is 94.2 Å². The highest BCUT2D eigenvalue weighted by Gasteiger charge is 2.29. The number of benzene rings is 2. The maximum absolute atomic E-state index is 12.6. The monoisotopic (exact) mass is 456 g/mol. The minimum absolute atomic E-state index is 0.205. The average Bonchev–Trinajstić information content (AvgIpc) is 2.70. The number of anilines is 1. The molecule has 2 rings (SSSR count). The van der Waals surface area contributed by atoms with Crippen LogP contribution in [0.2, 0.25) is 5.02 Å². The quantitative estimate of drug-likeness (QED) is 0.552. The van der Waals surface area contributed by atoms with E-state index in [1.165, 1.54) is 26.2 Å². The van der Waals surface area contributed by atoms with E-state index in [1.807, 2.05) is 0 Å². The molecule has 2 aromatic rings. The first kappa shape index (κ1) is 23.6. The maximum atomic E-state index is 12.6. The van der Waals surface area contributed by atoms with Crippen LogP contribution in [0.5, 0.6) is 17.2 Å². The van der Waals surface area contributed by atoms with Crippen LogP contribution in [0.4, 0.5) is 5.69 Å². The molecule has 164 valence electrons. The zero-order chi connectivity index (χ0) is 22.3. The summed E-state index contributed by atoms with van der Waals surface area (Å²) in [6, 6.07) is 10.6. The lowest BCUT2D eigenvalue weighted by Crippen LogP contribution is -2.48. The molecule has 1 N–H and O–H groups in total. The summed E-state index contributed by atoms with van der Waals surface area (Å²) < 4.78 is 41.4. The zero-order valence-electron chi connectivity index (χ0n) is 17.2. The van der Waals surface area contributed by atoms with Crippen molar-refractivity contribution < 1.29 is 27.4 Å². The van der Waals surface area contributed by atoms with Crippen molar-refractivity contribution in [1.82, 2.24) is 5.32 Å². The fraction of sp³-hybridized carbons (Fsp3) is 0.350. The van der Waals surface area contributed by atoms with Crippen molar-refractivity contribution in [2.24, 2.45) is 0 Å². The van der Waals surface area contributed by atoms with Crippen LogP contribution in [-0.2, 0) is 14.8 Å². The van der Waals surface area contributed by atoms with Crippen LogP contribution >= 0.6 is 11.6 Å². The lowest BCUT2D eigenvalue weighted by atomic mass is 10.2. The molecule has 0 bridgehead atoms. The number of methoxy groups -OCH3 is 2. The Morgan fingerprint density at radius 3 is 2.27 bits per heavy atom. The van der Waals surface area contributed by atoms with Crippen molar-refractivity contribution in [3.8, 4) is 17.2 Å². The van der Waals surface area contributed by atoms with E-state index in [0.717, 1.165) is 10.6 Å². The molecule has 10 heteroatoms. The van der Waals surface area contributed by atoms with Crippen LogP contribution in [0, 0.1) is 0 Å². The first-order chi connectivity index (χ1) is 14.2. The fourth-order valence-electron chi connectivity index (χ4n) is 2.76. The molecule has 0 saturated heterocycles. The molecule has 0 saturated carbocycles. The summed E-state index contributed by atoms with van der Waals surface area (Å²) in [4.78, 5) is 12.6. The molecule has 0 aromatic heterocycles. The fourth-order valence-corrected chi connectivity index (χ4v) is 4.18. The largest absolute Gasteiger partial charge is 0.497 e. The highest BCUT2D eigenvalue weighted by atomic mass is 35.5. The van der Waals surface area contributed by atoms with Crippen LogP contribution in [-0.4, -0.2) is 54.0 Å². The lowest BCUT2D eigenvalue weighted by Gasteiger charge is -2.28. The highest BCUT2D eigenvalue weighted by molar-refractivity contribution is 7.92. The molecule has 30 heavy (non-hydrogen) atoms. The van der Waals surface area contributed by atoms with Gasteiger partial charge >= 0.3 is 0 Å². The van der Waals surface area contributed by atoms with Gasteiger partial charge in [-0.3, -0.25) is 9.10 Å². The van der Waals surface area contributed by atoms with Gasteiger partial charge in [-0.1, -0.05) is 11.6 Å². The van der Waals surface area contributed by atoms with Crippen LogP contribution in [0.1, 0.15) is 6.92 Å². The van der Waals surface area contributed by atoms with Crippen molar-refractivity contribution in [2.45, 2.75) is 13.0 Å². The van der Waals surface area contributed by atoms with Crippen LogP contribution < -0.4 is 23.8 Å². The molecule has 1 atom stereocenters. The number of rotatable bonds is 10. The second-order valence-electron chi connectivity index (χ2n) is 6.37. The van der Waals surface area contributed by atoms with Gasteiger partial charge in [-0.25, -0.2) is 8.42 Å². The Hall–Kier alpha value is -2.65. The van der Waals surface area contributed by atoms with Gasteiger partial charge in [0.25, 0.3) is 0 Å². The number of hydrogen-bond acceptors (Lipinski definition) is 6. The third-order valence-corrected chi connectivity index (χ3v) is 5.74. The average molecular weight is 457 g/mol. The van der Waals surface area contributed by atoms with Crippen LogP contribution in [0.15, 0.2) is 42.5 Å². The molecular weight excluding hydrogens is 432 g/mol. The predicted molar refractivity (Wildman–Crippen MR) is 116 cm³/mol. The van der Waals surface area contributed by atoms with E-state index in [-0.39, 0.29) is 23.9 Å². The summed E-state index contributed by atoms with van der Waals surface area (Å²) in [6.07, 6.45) is 1.03. The normalized spacial score (nSPS) is 12.0. The van der Waals surface area contributed by atoms with E-state index >= 15 is 0 Å². The number of carbonyl (C=O) groups excluding carboxylic acids is 1. The molecule has 0 aliphatic carbocycles. The van der Waals surface area contributed by atoms with Crippen molar-refractivity contribution in [1.29, 1.82) is 0 Å². The predicted octanol–water partition coefficient (Wildman–Crippen LogP) is 2.71. The van der Waals surface area contributed by atoms with Gasteiger partial charge in [0, 0.05) is 0 Å². The van der Waals surface area contributed by atoms with E-state index in [0.29, 0.717) is 17.2 Å². The summed E-state index contributed by atoms with van der Waals surface area (Å²) in [5.74, 6) is 1.28. The first-order valence-corrected chi connectivity index (χ1v) is 11.3. The van der Waals surface area contributed by atoms with Gasteiger partial charge < -0.3 is 19.5 Å². The molecule has 8 nitrogen and oxygen atoms in total. The second-order valence-corrected chi connectivity index (χ2v) is 8.64. The highest BCUT2D eigenvalue weighted by Crippen LogP contribution is 2.31. The van der Waals surface area contributed by atoms with Crippen molar-refractivity contribution in [2.75, 3.05) is 37.9 Å². The summed E-state index contributed by atoms with van der Waals surface area (Å²) in [5.41, 5.74) is 0.264. The number of nitrogens with zero attached hydrogens (tertiary/aromatic N) is 1. The Kier molecular flexibility index (Phi) is 8.19. The van der Waals surface area contributed by atoms with Crippen molar-refractivity contribution in [3.63, 3.8) is 0 Å². The summed E-state index contributed by atoms with van der Waals surface area (Å²) in [7, 11) is -0.716. The smallest absolute Gasteiger partial charge is 0.243 e. The number of carbonyl (C=O) groups is 1. The Bertz CT molecular complexity index is 966. The molecule has 1 unspecified atom stereocenters. The Labute approximate surface area is 181 Å². The third kappa shape index (κ3) is 6.17. The Balaban J connectivity index is 2.00. The van der Waals surface area contributed by atoms with E-state index in [9.17, 15) is 13.2 Å². The van der Waals surface area contributed by atoms with Crippen LogP contribution in [0.25, 0.3) is 0 Å². The summed E-state index contributed by atoms with van der Waals surface area (Å²) in [5, 5.41) is 2.92. The maximum Gasteiger partial charge on any atom is 0.243 e. The minimum Gasteiger partial charge on any atom is -0.497 e. The molecule has 2 aromatic carbocycles. The van der Waals surface area contributed by atoms with Gasteiger partial charge in [-0.05, 0) is 49.4 Å². The third-order valence-electron chi connectivity index (χ3n) is 4.21. The SMILES string of the molecule is COc1ccc(OCCNC(=O)C(C)N(c2ccc(OC)c(Cl)c2)S(C)(=O)=O)cc1. The molecule has 0 fully saturated rings. The van der Waals surface area contributed by atoms with Gasteiger partial charge in [0.05, 0.1) is 37.7 Å². The molecule has 0 aliphatic rings. The molecular formula is C20H25ClN2O6S. The van der Waals surface area contributed by atoms with E-state index in [4.69, 9.17) is 25.8 Å². The number of amides is 1. The zero-order valence-corrected chi connectivity index (χ0v) is 18.8. The Morgan fingerprint density at radius 1 is 1.10 bits per heavy atom. The van der Waals surface area contributed by atoms with E-state index in [2.05, 4.69) is 5.32 Å². The minimum atomic E-state index is -3.75. The number of sulfonamides is 1. The van der Waals surface area contributed by atoms with Crippen LogP contribution in [0.3, 0.4) is 0 Å². The first-order valence-electron chi connectivity index (χ1n) is 9.05. The lowest BCUT2D eigenvalue weighted by molar-refractivity contribution is -0.121. The van der Waals surface area contributed by atoms with E-state index < -0.39 is 22.0 Å². The standard InChI is InChI=1S/C20H25ClN2O6S/c1-14(20(24)22-11-12-29-17-8-6-16(27-2)7-9-17)23(30(4,25)26)15-5-10-19(28-3)18(21)13-15/h5-10,13-14H,11-12H2,1-4H3,(H,22,24). The number of hydrogen-bond donors (Lipinski definition) is 1. The van der Waals surface area contributed by atoms with Gasteiger partial charge in [0.2, 0.25) is 15.9 Å². The van der Waals surface area contributed by atoms with E-state index in [1.54, 1.807) is 37.4 Å². The molecule has 1 amide bonds. The van der Waals surface area contributed by atoms with Gasteiger partial charge in [-0.15, -0.1) is 0 Å². The van der Waals surface area contributed by atoms with Crippen molar-refractivity contribution in [3.05, 3.63) is 47.5 Å². The second kappa shape index (κ2) is 10.4. The molecule has 0 radical (unpaired) electrons. The number of ether oxygens (including phenoxy) is 3. The van der Waals surface area contributed by atoms with Gasteiger partial charge in [0.15, 0.2) is 0 Å². The number of halogens is 1. The molecule has 0 heterocycles.